The third-order valence-electron chi connectivity index (χ3n) is 4.22. The highest BCUT2D eigenvalue weighted by atomic mass is 16.5. The SMILES string of the molecule is COc1c(C)cc(C(=O)C2CCCC2)c(C)c1C. The number of hydrogen-bond acceptors (Lipinski definition) is 2. The van der Waals surface area contributed by atoms with Gasteiger partial charge in [-0.1, -0.05) is 12.8 Å². The number of rotatable bonds is 3. The van der Waals surface area contributed by atoms with Crippen molar-refractivity contribution >= 4 is 5.78 Å². The van der Waals surface area contributed by atoms with Crippen LogP contribution in [0.4, 0.5) is 0 Å². The van der Waals surface area contributed by atoms with Gasteiger partial charge in [-0.2, -0.15) is 0 Å². The number of carbonyl (C=O) groups is 1. The molecule has 1 fully saturated rings. The minimum absolute atomic E-state index is 0.246. The number of ketones is 1. The van der Waals surface area contributed by atoms with Crippen molar-refractivity contribution < 1.29 is 9.53 Å². The van der Waals surface area contributed by atoms with Crippen LogP contribution >= 0.6 is 0 Å². The summed E-state index contributed by atoms with van der Waals surface area (Å²) in [6.45, 7) is 6.07. The molecule has 2 rings (SSSR count). The van der Waals surface area contributed by atoms with Gasteiger partial charge in [-0.15, -0.1) is 0 Å². The number of ether oxygens (including phenoxy) is 1. The molecule has 0 bridgehead atoms. The number of methoxy groups -OCH3 is 1. The Balaban J connectivity index is 2.42. The van der Waals surface area contributed by atoms with Crippen LogP contribution in [0.25, 0.3) is 0 Å². The van der Waals surface area contributed by atoms with Crippen molar-refractivity contribution in [3.8, 4) is 5.75 Å². The van der Waals surface area contributed by atoms with Gasteiger partial charge in [0.2, 0.25) is 0 Å². The van der Waals surface area contributed by atoms with Crippen LogP contribution in [-0.4, -0.2) is 12.9 Å². The second-order valence-corrected chi connectivity index (χ2v) is 5.37. The first-order chi connectivity index (χ1) is 8.56. The maximum Gasteiger partial charge on any atom is 0.166 e. The molecular formula is C16H22O2. The van der Waals surface area contributed by atoms with Gasteiger partial charge < -0.3 is 4.74 Å². The molecule has 0 radical (unpaired) electrons. The standard InChI is InChI=1S/C16H22O2/c1-10-9-14(11(2)12(3)16(10)18-4)15(17)13-7-5-6-8-13/h9,13H,5-8H2,1-4H3. The third kappa shape index (κ3) is 2.16. The van der Waals surface area contributed by atoms with Crippen molar-refractivity contribution in [2.24, 2.45) is 5.92 Å². The quantitative estimate of drug-likeness (QED) is 0.754. The zero-order valence-electron chi connectivity index (χ0n) is 11.8. The number of Topliss-reactive ketones (excluding diaryl/α,β-unsaturated/α-hetero) is 1. The minimum Gasteiger partial charge on any atom is -0.496 e. The van der Waals surface area contributed by atoms with E-state index in [1.54, 1.807) is 7.11 Å². The molecule has 0 spiro atoms. The first kappa shape index (κ1) is 13.1. The van der Waals surface area contributed by atoms with Gasteiger partial charge in [0.05, 0.1) is 7.11 Å². The molecule has 0 aromatic heterocycles. The molecule has 2 heteroatoms. The Hall–Kier alpha value is -1.31. The van der Waals surface area contributed by atoms with Gasteiger partial charge in [0, 0.05) is 11.5 Å². The average Bonchev–Trinajstić information content (AvgIpc) is 2.87. The Morgan fingerprint density at radius 1 is 1.17 bits per heavy atom. The number of hydrogen-bond donors (Lipinski definition) is 0. The summed E-state index contributed by atoms with van der Waals surface area (Å²) in [7, 11) is 1.69. The fourth-order valence-electron chi connectivity index (χ4n) is 3.04. The van der Waals surface area contributed by atoms with Crippen LogP contribution < -0.4 is 4.74 Å². The van der Waals surface area contributed by atoms with Gasteiger partial charge in [-0.05, 0) is 56.4 Å². The molecule has 0 atom stereocenters. The molecule has 98 valence electrons. The monoisotopic (exact) mass is 246 g/mol. The van der Waals surface area contributed by atoms with Crippen molar-refractivity contribution in [1.29, 1.82) is 0 Å². The molecule has 1 aliphatic rings. The molecule has 1 aromatic rings. The van der Waals surface area contributed by atoms with Gasteiger partial charge in [-0.25, -0.2) is 0 Å². The van der Waals surface area contributed by atoms with E-state index in [4.69, 9.17) is 4.74 Å². The van der Waals surface area contributed by atoms with Gasteiger partial charge in [-0.3, -0.25) is 4.79 Å². The zero-order chi connectivity index (χ0) is 13.3. The zero-order valence-corrected chi connectivity index (χ0v) is 11.8. The fourth-order valence-corrected chi connectivity index (χ4v) is 3.04. The normalized spacial score (nSPS) is 16.0. The Morgan fingerprint density at radius 2 is 1.78 bits per heavy atom. The molecule has 2 nitrogen and oxygen atoms in total. The van der Waals surface area contributed by atoms with Crippen LogP contribution in [0.5, 0.6) is 5.75 Å². The second-order valence-electron chi connectivity index (χ2n) is 5.37. The lowest BCUT2D eigenvalue weighted by Crippen LogP contribution is -2.14. The van der Waals surface area contributed by atoms with Crippen LogP contribution in [0.1, 0.15) is 52.7 Å². The van der Waals surface area contributed by atoms with Gasteiger partial charge >= 0.3 is 0 Å². The highest BCUT2D eigenvalue weighted by Crippen LogP contribution is 2.33. The van der Waals surface area contributed by atoms with E-state index < -0.39 is 0 Å². The van der Waals surface area contributed by atoms with E-state index in [-0.39, 0.29) is 5.92 Å². The maximum atomic E-state index is 12.5. The summed E-state index contributed by atoms with van der Waals surface area (Å²) in [6, 6.07) is 2.00. The van der Waals surface area contributed by atoms with Crippen LogP contribution in [-0.2, 0) is 0 Å². The smallest absolute Gasteiger partial charge is 0.166 e. The summed E-state index contributed by atoms with van der Waals surface area (Å²) in [6.07, 6.45) is 4.51. The molecule has 0 N–H and O–H groups in total. The van der Waals surface area contributed by atoms with E-state index in [9.17, 15) is 4.79 Å². The molecule has 0 saturated heterocycles. The van der Waals surface area contributed by atoms with E-state index in [2.05, 4.69) is 0 Å². The first-order valence-electron chi connectivity index (χ1n) is 6.75. The Bertz CT molecular complexity index is 468. The molecule has 0 heterocycles. The lowest BCUT2D eigenvalue weighted by Gasteiger charge is -2.17. The van der Waals surface area contributed by atoms with Crippen molar-refractivity contribution in [2.45, 2.75) is 46.5 Å². The Labute approximate surface area is 109 Å². The van der Waals surface area contributed by atoms with Crippen molar-refractivity contribution in [3.63, 3.8) is 0 Å². The molecule has 0 unspecified atom stereocenters. The van der Waals surface area contributed by atoms with Gasteiger partial charge in [0.25, 0.3) is 0 Å². The van der Waals surface area contributed by atoms with Crippen LogP contribution in [0.2, 0.25) is 0 Å². The van der Waals surface area contributed by atoms with Crippen LogP contribution in [0.15, 0.2) is 6.07 Å². The molecule has 1 aromatic carbocycles. The largest absolute Gasteiger partial charge is 0.496 e. The summed E-state index contributed by atoms with van der Waals surface area (Å²) in [5, 5.41) is 0. The minimum atomic E-state index is 0.246. The summed E-state index contributed by atoms with van der Waals surface area (Å²) >= 11 is 0. The van der Waals surface area contributed by atoms with Crippen molar-refractivity contribution in [3.05, 3.63) is 28.3 Å². The van der Waals surface area contributed by atoms with E-state index >= 15 is 0 Å². The summed E-state index contributed by atoms with van der Waals surface area (Å²) in [4.78, 5) is 12.5. The fraction of sp³-hybridized carbons (Fsp3) is 0.562. The van der Waals surface area contributed by atoms with E-state index in [0.29, 0.717) is 5.78 Å². The van der Waals surface area contributed by atoms with Crippen molar-refractivity contribution in [1.82, 2.24) is 0 Å². The van der Waals surface area contributed by atoms with Crippen molar-refractivity contribution in [2.75, 3.05) is 7.11 Å². The third-order valence-corrected chi connectivity index (χ3v) is 4.22. The average molecular weight is 246 g/mol. The van der Waals surface area contributed by atoms with E-state index in [0.717, 1.165) is 40.8 Å². The van der Waals surface area contributed by atoms with E-state index in [1.807, 2.05) is 26.8 Å². The summed E-state index contributed by atoms with van der Waals surface area (Å²) < 4.78 is 5.41. The lowest BCUT2D eigenvalue weighted by molar-refractivity contribution is 0.0922. The summed E-state index contributed by atoms with van der Waals surface area (Å²) in [5.41, 5.74) is 4.13. The first-order valence-corrected chi connectivity index (χ1v) is 6.75. The Morgan fingerprint density at radius 3 is 2.33 bits per heavy atom. The number of aryl methyl sites for hydroxylation is 1. The molecular weight excluding hydrogens is 224 g/mol. The molecule has 1 saturated carbocycles. The van der Waals surface area contributed by atoms with Crippen LogP contribution in [0, 0.1) is 26.7 Å². The summed E-state index contributed by atoms with van der Waals surface area (Å²) in [5.74, 6) is 1.49. The highest BCUT2D eigenvalue weighted by molar-refractivity contribution is 6.00. The van der Waals surface area contributed by atoms with Gasteiger partial charge in [0.15, 0.2) is 5.78 Å². The maximum absolute atomic E-state index is 12.5. The van der Waals surface area contributed by atoms with Crippen LogP contribution in [0.3, 0.4) is 0 Å². The predicted molar refractivity (Wildman–Crippen MR) is 73.5 cm³/mol. The topological polar surface area (TPSA) is 26.3 Å². The predicted octanol–water partition coefficient (Wildman–Crippen LogP) is 3.99. The highest BCUT2D eigenvalue weighted by Gasteiger charge is 2.26. The molecule has 0 aliphatic heterocycles. The number of benzene rings is 1. The molecule has 18 heavy (non-hydrogen) atoms. The Kier molecular flexibility index (Phi) is 3.74. The molecule has 0 amide bonds. The number of carbonyl (C=O) groups excluding carboxylic acids is 1. The van der Waals surface area contributed by atoms with E-state index in [1.165, 1.54) is 12.8 Å². The lowest BCUT2D eigenvalue weighted by atomic mass is 9.89. The van der Waals surface area contributed by atoms with Gasteiger partial charge in [0.1, 0.15) is 5.75 Å². The molecule has 1 aliphatic carbocycles. The second kappa shape index (κ2) is 5.13.